The van der Waals surface area contributed by atoms with Crippen molar-refractivity contribution in [2.24, 2.45) is 0 Å². The third kappa shape index (κ3) is 1.15. The van der Waals surface area contributed by atoms with Gasteiger partial charge in [0.25, 0.3) is 0 Å². The number of aromatic amines is 1. The molecule has 1 aromatic carbocycles. The maximum absolute atomic E-state index is 9.58. The molecule has 4 rings (SSSR count). The number of benzene rings is 1. The summed E-state index contributed by atoms with van der Waals surface area (Å²) in [5, 5.41) is 10.9. The van der Waals surface area contributed by atoms with Gasteiger partial charge in [-0.15, -0.1) is 0 Å². The minimum absolute atomic E-state index is 0.173. The third-order valence-electron chi connectivity index (χ3n) is 4.37. The number of rotatable bonds is 1. The first-order valence-corrected chi connectivity index (χ1v) is 6.42. The highest BCUT2D eigenvalue weighted by Gasteiger charge is 2.35. The summed E-state index contributed by atoms with van der Waals surface area (Å²) >= 11 is 0. The lowest BCUT2D eigenvalue weighted by Gasteiger charge is -2.27. The number of likely N-dealkylation sites (N-methyl/N-ethyl adjacent to an activating group) is 1. The van der Waals surface area contributed by atoms with Gasteiger partial charge in [0.2, 0.25) is 0 Å². The van der Waals surface area contributed by atoms with E-state index in [9.17, 15) is 5.11 Å². The molecule has 1 atom stereocenters. The number of aromatic nitrogens is 1. The van der Waals surface area contributed by atoms with Crippen LogP contribution in [-0.2, 0) is 6.42 Å². The molecule has 1 aromatic heterocycles. The molecular weight excluding hydrogens is 224 g/mol. The molecule has 1 unspecified atom stereocenters. The predicted octanol–water partition coefficient (Wildman–Crippen LogP) is 1.78. The van der Waals surface area contributed by atoms with Crippen molar-refractivity contribution in [2.45, 2.75) is 12.5 Å². The smallest absolute Gasteiger partial charge is 0.0660 e. The monoisotopic (exact) mass is 240 g/mol. The van der Waals surface area contributed by atoms with Crippen molar-refractivity contribution >= 4 is 16.5 Å². The molecule has 0 bridgehead atoms. The zero-order valence-electron chi connectivity index (χ0n) is 10.4. The molecular formula is C15H16N2O. The molecule has 92 valence electrons. The number of H-pyrrole nitrogens is 1. The van der Waals surface area contributed by atoms with Crippen LogP contribution in [0.1, 0.15) is 11.1 Å². The number of hydrogen-bond acceptors (Lipinski definition) is 2. The molecule has 18 heavy (non-hydrogen) atoms. The number of nitrogens with zero attached hydrogens (tertiary/aromatic N) is 1. The maximum atomic E-state index is 9.58. The Hall–Kier alpha value is -1.58. The van der Waals surface area contributed by atoms with Gasteiger partial charge < -0.3 is 10.1 Å². The van der Waals surface area contributed by atoms with Crippen LogP contribution in [0, 0.1) is 0 Å². The standard InChI is InChI=1S/C15H16N2O/c1-17-7-10(8-18)15-11-3-2-4-12-14(11)9(6-16-12)5-13(15)17/h2-4,6,13,16,18H,5,7-8H2,1H3. The summed E-state index contributed by atoms with van der Waals surface area (Å²) in [6.45, 7) is 1.06. The van der Waals surface area contributed by atoms with E-state index in [1.807, 2.05) is 0 Å². The van der Waals surface area contributed by atoms with Crippen LogP contribution in [0.15, 0.2) is 30.0 Å². The number of fused-ring (bicyclic) bond motifs is 2. The van der Waals surface area contributed by atoms with Crippen LogP contribution < -0.4 is 0 Å². The molecule has 0 radical (unpaired) electrons. The lowest BCUT2D eigenvalue weighted by Crippen LogP contribution is -2.31. The summed E-state index contributed by atoms with van der Waals surface area (Å²) < 4.78 is 0. The van der Waals surface area contributed by atoms with E-state index in [0.29, 0.717) is 6.04 Å². The molecule has 0 saturated heterocycles. The summed E-state index contributed by atoms with van der Waals surface area (Å²) in [6.07, 6.45) is 3.18. The van der Waals surface area contributed by atoms with Gasteiger partial charge in [0, 0.05) is 29.7 Å². The van der Waals surface area contributed by atoms with Gasteiger partial charge in [0.1, 0.15) is 0 Å². The topological polar surface area (TPSA) is 39.3 Å². The zero-order valence-corrected chi connectivity index (χ0v) is 10.4. The van der Waals surface area contributed by atoms with E-state index in [0.717, 1.165) is 13.0 Å². The molecule has 1 aliphatic carbocycles. The fourth-order valence-corrected chi connectivity index (χ4v) is 3.56. The fraction of sp³-hybridized carbons (Fsp3) is 0.333. The molecule has 2 heterocycles. The van der Waals surface area contributed by atoms with Crippen LogP contribution >= 0.6 is 0 Å². The number of nitrogens with one attached hydrogen (secondary N) is 1. The summed E-state index contributed by atoms with van der Waals surface area (Å²) in [5.74, 6) is 0. The van der Waals surface area contributed by atoms with Crippen LogP contribution in [0.4, 0.5) is 0 Å². The first-order valence-electron chi connectivity index (χ1n) is 6.42. The van der Waals surface area contributed by atoms with Gasteiger partial charge in [0.15, 0.2) is 0 Å². The molecule has 3 heteroatoms. The normalized spacial score (nSPS) is 22.9. The molecule has 0 saturated carbocycles. The summed E-state index contributed by atoms with van der Waals surface area (Å²) in [4.78, 5) is 5.70. The van der Waals surface area contributed by atoms with Gasteiger partial charge in [-0.3, -0.25) is 4.90 Å². The van der Waals surface area contributed by atoms with Crippen LogP contribution in [0.2, 0.25) is 0 Å². The van der Waals surface area contributed by atoms with Crippen molar-refractivity contribution < 1.29 is 5.11 Å². The highest BCUT2D eigenvalue weighted by molar-refractivity contribution is 5.99. The fourth-order valence-electron chi connectivity index (χ4n) is 3.56. The van der Waals surface area contributed by atoms with E-state index < -0.39 is 0 Å². The molecule has 0 fully saturated rings. The second-order valence-electron chi connectivity index (χ2n) is 5.35. The highest BCUT2D eigenvalue weighted by atomic mass is 16.3. The SMILES string of the molecule is CN1CC(CO)=C2c3cccc4[nH]cc(c34)CC21. The van der Waals surface area contributed by atoms with Gasteiger partial charge in [0.05, 0.1) is 6.61 Å². The summed E-state index contributed by atoms with van der Waals surface area (Å²) in [7, 11) is 2.14. The highest BCUT2D eigenvalue weighted by Crippen LogP contribution is 2.42. The van der Waals surface area contributed by atoms with Crippen molar-refractivity contribution in [2.75, 3.05) is 20.2 Å². The van der Waals surface area contributed by atoms with Crippen molar-refractivity contribution in [3.63, 3.8) is 0 Å². The average Bonchev–Trinajstić information content (AvgIpc) is 2.94. The van der Waals surface area contributed by atoms with E-state index in [-0.39, 0.29) is 6.61 Å². The Morgan fingerprint density at radius 1 is 1.44 bits per heavy atom. The minimum Gasteiger partial charge on any atom is -0.392 e. The first-order chi connectivity index (χ1) is 8.79. The molecule has 0 amide bonds. The lowest BCUT2D eigenvalue weighted by atomic mass is 9.84. The number of aliphatic hydroxyl groups is 1. The van der Waals surface area contributed by atoms with E-state index in [1.54, 1.807) is 0 Å². The molecule has 2 aliphatic rings. The molecule has 3 nitrogen and oxygen atoms in total. The van der Waals surface area contributed by atoms with Crippen molar-refractivity contribution in [1.82, 2.24) is 9.88 Å². The van der Waals surface area contributed by atoms with Gasteiger partial charge in [-0.05, 0) is 41.8 Å². The second-order valence-corrected chi connectivity index (χ2v) is 5.35. The Labute approximate surface area is 106 Å². The summed E-state index contributed by atoms with van der Waals surface area (Å²) in [5.41, 5.74) is 6.47. The van der Waals surface area contributed by atoms with E-state index in [2.05, 4.69) is 41.3 Å². The molecule has 2 N–H and O–H groups in total. The molecule has 1 aliphatic heterocycles. The third-order valence-corrected chi connectivity index (χ3v) is 4.37. The van der Waals surface area contributed by atoms with E-state index in [1.165, 1.54) is 33.2 Å². The average molecular weight is 240 g/mol. The lowest BCUT2D eigenvalue weighted by molar-refractivity contribution is 0.300. The Balaban J connectivity index is 2.06. The molecule has 2 aromatic rings. The van der Waals surface area contributed by atoms with Crippen LogP contribution in [-0.4, -0.2) is 41.2 Å². The number of aliphatic hydroxyl groups excluding tert-OH is 1. The van der Waals surface area contributed by atoms with Crippen molar-refractivity contribution in [3.05, 3.63) is 41.1 Å². The minimum atomic E-state index is 0.173. The Kier molecular flexibility index (Phi) is 1.99. The van der Waals surface area contributed by atoms with Gasteiger partial charge in [-0.2, -0.15) is 0 Å². The predicted molar refractivity (Wildman–Crippen MR) is 72.4 cm³/mol. The largest absolute Gasteiger partial charge is 0.392 e. The van der Waals surface area contributed by atoms with Crippen molar-refractivity contribution in [1.29, 1.82) is 0 Å². The second kappa shape index (κ2) is 3.46. The Bertz CT molecular complexity index is 668. The van der Waals surface area contributed by atoms with Gasteiger partial charge >= 0.3 is 0 Å². The summed E-state index contributed by atoms with van der Waals surface area (Å²) in [6, 6.07) is 6.85. The number of hydrogen-bond donors (Lipinski definition) is 2. The zero-order chi connectivity index (χ0) is 12.3. The van der Waals surface area contributed by atoms with Crippen LogP contribution in [0.25, 0.3) is 16.5 Å². The van der Waals surface area contributed by atoms with E-state index >= 15 is 0 Å². The Morgan fingerprint density at radius 2 is 2.33 bits per heavy atom. The van der Waals surface area contributed by atoms with Crippen LogP contribution in [0.3, 0.4) is 0 Å². The first kappa shape index (κ1) is 10.4. The van der Waals surface area contributed by atoms with Gasteiger partial charge in [-0.1, -0.05) is 12.1 Å². The van der Waals surface area contributed by atoms with Gasteiger partial charge in [-0.25, -0.2) is 0 Å². The Morgan fingerprint density at radius 3 is 3.17 bits per heavy atom. The van der Waals surface area contributed by atoms with Crippen LogP contribution in [0.5, 0.6) is 0 Å². The maximum Gasteiger partial charge on any atom is 0.0660 e. The quantitative estimate of drug-likeness (QED) is 0.797. The van der Waals surface area contributed by atoms with Crippen molar-refractivity contribution in [3.8, 4) is 0 Å². The van der Waals surface area contributed by atoms with E-state index in [4.69, 9.17) is 0 Å². The molecule has 0 spiro atoms.